The molecule has 4 rings (SSSR count). The number of nitrogens with one attached hydrogen (secondary N) is 1. The summed E-state index contributed by atoms with van der Waals surface area (Å²) in [5.41, 5.74) is 7.55. The number of nitrogens with zero attached hydrogens (tertiary/aromatic N) is 4. The Hall–Kier alpha value is -3.81. The van der Waals surface area contributed by atoms with Gasteiger partial charge in [-0.3, -0.25) is 19.6 Å². The molecule has 0 bridgehead atoms. The first-order chi connectivity index (χ1) is 12.5. The molecule has 0 saturated heterocycles. The molecule has 4 aromatic rings. The molecular formula is C18H14N6O2. The normalized spacial score (nSPS) is 11.0. The van der Waals surface area contributed by atoms with Crippen molar-refractivity contribution in [1.29, 1.82) is 0 Å². The van der Waals surface area contributed by atoms with E-state index in [1.807, 2.05) is 0 Å². The number of H-pyrrole nitrogens is 1. The molecule has 0 aliphatic rings. The number of para-hydroxylation sites is 1. The van der Waals surface area contributed by atoms with Crippen LogP contribution in [0.4, 0.5) is 0 Å². The number of amides is 1. The van der Waals surface area contributed by atoms with E-state index in [0.29, 0.717) is 28.0 Å². The number of rotatable bonds is 3. The molecule has 128 valence electrons. The first-order valence-corrected chi connectivity index (χ1v) is 7.86. The number of aryl methyl sites for hydroxylation is 1. The van der Waals surface area contributed by atoms with E-state index in [-0.39, 0.29) is 17.1 Å². The van der Waals surface area contributed by atoms with Crippen LogP contribution in [0.5, 0.6) is 0 Å². The van der Waals surface area contributed by atoms with Crippen LogP contribution < -0.4 is 11.3 Å². The maximum atomic E-state index is 12.4. The first kappa shape index (κ1) is 15.7. The molecule has 0 spiro atoms. The second kappa shape index (κ2) is 5.92. The highest BCUT2D eigenvalue weighted by Crippen LogP contribution is 2.24. The number of fused-ring (bicyclic) bond motifs is 1. The van der Waals surface area contributed by atoms with Gasteiger partial charge in [0.15, 0.2) is 0 Å². The number of carbonyl (C=O) groups excluding carboxylic acids is 1. The molecule has 3 heterocycles. The van der Waals surface area contributed by atoms with Crippen molar-refractivity contribution >= 4 is 16.8 Å². The Labute approximate surface area is 147 Å². The quantitative estimate of drug-likeness (QED) is 0.583. The van der Waals surface area contributed by atoms with Gasteiger partial charge in [0.1, 0.15) is 5.69 Å². The Balaban J connectivity index is 1.99. The lowest BCUT2D eigenvalue weighted by atomic mass is 10.1. The molecule has 8 nitrogen and oxygen atoms in total. The molecule has 3 aromatic heterocycles. The molecule has 1 amide bonds. The van der Waals surface area contributed by atoms with Crippen molar-refractivity contribution in [3.05, 3.63) is 70.3 Å². The minimum atomic E-state index is -0.599. The molecule has 8 heteroatoms. The molecule has 0 unspecified atom stereocenters. The molecule has 0 saturated carbocycles. The van der Waals surface area contributed by atoms with Crippen LogP contribution in [0.25, 0.3) is 28.2 Å². The summed E-state index contributed by atoms with van der Waals surface area (Å²) in [5, 5.41) is 4.88. The average molecular weight is 346 g/mol. The van der Waals surface area contributed by atoms with E-state index in [0.717, 1.165) is 0 Å². The lowest BCUT2D eigenvalue weighted by Gasteiger charge is -2.09. The summed E-state index contributed by atoms with van der Waals surface area (Å²) in [6.07, 6.45) is 1.56. The van der Waals surface area contributed by atoms with Crippen molar-refractivity contribution in [2.24, 2.45) is 5.73 Å². The fourth-order valence-corrected chi connectivity index (χ4v) is 2.81. The van der Waals surface area contributed by atoms with E-state index < -0.39 is 5.91 Å². The van der Waals surface area contributed by atoms with Crippen molar-refractivity contribution in [2.75, 3.05) is 0 Å². The highest BCUT2D eigenvalue weighted by Gasteiger charge is 2.18. The standard InChI is InChI=1S/C18H14N6O2/c1-10-9-14(15-12(16(19)25)6-4-8-20-15)24(23-10)18-21-13-7-3-2-5-11(13)17(26)22-18/h2-9H,1H3,(H2,19,25)(H,21,22,26). The van der Waals surface area contributed by atoms with Crippen LogP contribution in [0.1, 0.15) is 16.1 Å². The second-order valence-electron chi connectivity index (χ2n) is 5.75. The summed E-state index contributed by atoms with van der Waals surface area (Å²) in [4.78, 5) is 35.6. The Morgan fingerprint density at radius 3 is 2.81 bits per heavy atom. The van der Waals surface area contributed by atoms with Gasteiger partial charge in [-0.15, -0.1) is 0 Å². The second-order valence-corrected chi connectivity index (χ2v) is 5.75. The van der Waals surface area contributed by atoms with Crippen LogP contribution in [0.15, 0.2) is 53.5 Å². The Bertz CT molecular complexity index is 1210. The predicted molar refractivity (Wildman–Crippen MR) is 96.0 cm³/mol. The van der Waals surface area contributed by atoms with E-state index in [1.54, 1.807) is 55.6 Å². The largest absolute Gasteiger partial charge is 0.366 e. The summed E-state index contributed by atoms with van der Waals surface area (Å²) < 4.78 is 1.46. The van der Waals surface area contributed by atoms with Crippen LogP contribution >= 0.6 is 0 Å². The molecule has 0 aliphatic heterocycles. The molecule has 0 radical (unpaired) electrons. The highest BCUT2D eigenvalue weighted by molar-refractivity contribution is 5.98. The van der Waals surface area contributed by atoms with Crippen molar-refractivity contribution in [3.8, 4) is 17.3 Å². The number of pyridine rings is 1. The number of aromatic nitrogens is 5. The smallest absolute Gasteiger partial charge is 0.260 e. The van der Waals surface area contributed by atoms with E-state index >= 15 is 0 Å². The third-order valence-electron chi connectivity index (χ3n) is 3.95. The fraction of sp³-hybridized carbons (Fsp3) is 0.0556. The monoisotopic (exact) mass is 346 g/mol. The highest BCUT2D eigenvalue weighted by atomic mass is 16.1. The Morgan fingerprint density at radius 2 is 2.00 bits per heavy atom. The topological polar surface area (TPSA) is 120 Å². The average Bonchev–Trinajstić information content (AvgIpc) is 3.03. The van der Waals surface area contributed by atoms with E-state index in [1.165, 1.54) is 4.68 Å². The minimum Gasteiger partial charge on any atom is -0.366 e. The van der Waals surface area contributed by atoms with Gasteiger partial charge in [0.2, 0.25) is 5.95 Å². The molecule has 3 N–H and O–H groups in total. The van der Waals surface area contributed by atoms with Crippen LogP contribution in [-0.2, 0) is 0 Å². The maximum absolute atomic E-state index is 12.4. The zero-order valence-electron chi connectivity index (χ0n) is 13.8. The van der Waals surface area contributed by atoms with Gasteiger partial charge in [-0.2, -0.15) is 9.78 Å². The van der Waals surface area contributed by atoms with E-state index in [9.17, 15) is 9.59 Å². The van der Waals surface area contributed by atoms with E-state index in [4.69, 9.17) is 5.73 Å². The summed E-state index contributed by atoms with van der Waals surface area (Å²) in [5.74, 6) is -0.364. The zero-order chi connectivity index (χ0) is 18.3. The zero-order valence-corrected chi connectivity index (χ0v) is 13.8. The van der Waals surface area contributed by atoms with E-state index in [2.05, 4.69) is 20.1 Å². The third kappa shape index (κ3) is 2.53. The number of hydrogen-bond acceptors (Lipinski definition) is 5. The number of hydrogen-bond donors (Lipinski definition) is 2. The van der Waals surface area contributed by atoms with Gasteiger partial charge >= 0.3 is 0 Å². The van der Waals surface area contributed by atoms with Gasteiger partial charge in [0.25, 0.3) is 11.5 Å². The van der Waals surface area contributed by atoms with Crippen LogP contribution in [0.2, 0.25) is 0 Å². The fourth-order valence-electron chi connectivity index (χ4n) is 2.81. The summed E-state index contributed by atoms with van der Waals surface area (Å²) in [7, 11) is 0. The molecule has 1 aromatic carbocycles. The summed E-state index contributed by atoms with van der Waals surface area (Å²) in [6.45, 7) is 1.80. The molecule has 0 aliphatic carbocycles. The van der Waals surface area contributed by atoms with Gasteiger partial charge in [0.05, 0.1) is 27.9 Å². The first-order valence-electron chi connectivity index (χ1n) is 7.86. The number of nitrogens with two attached hydrogens (primary N) is 1. The lowest BCUT2D eigenvalue weighted by molar-refractivity contribution is 0.100. The van der Waals surface area contributed by atoms with Gasteiger partial charge in [-0.25, -0.2) is 4.98 Å². The Kier molecular flexibility index (Phi) is 3.58. The van der Waals surface area contributed by atoms with Crippen LogP contribution in [0.3, 0.4) is 0 Å². The summed E-state index contributed by atoms with van der Waals surface area (Å²) in [6, 6.07) is 12.0. The number of benzene rings is 1. The third-order valence-corrected chi connectivity index (χ3v) is 3.95. The maximum Gasteiger partial charge on any atom is 0.260 e. The van der Waals surface area contributed by atoms with Crippen LogP contribution in [-0.4, -0.2) is 30.6 Å². The van der Waals surface area contributed by atoms with Gasteiger partial charge < -0.3 is 5.73 Å². The molecule has 0 atom stereocenters. The number of primary amides is 1. The number of aromatic amines is 1. The number of carbonyl (C=O) groups is 1. The van der Waals surface area contributed by atoms with Gasteiger partial charge in [-0.1, -0.05) is 12.1 Å². The summed E-state index contributed by atoms with van der Waals surface area (Å²) >= 11 is 0. The van der Waals surface area contributed by atoms with Crippen molar-refractivity contribution in [1.82, 2.24) is 24.7 Å². The van der Waals surface area contributed by atoms with Gasteiger partial charge in [0, 0.05) is 6.20 Å². The Morgan fingerprint density at radius 1 is 1.19 bits per heavy atom. The van der Waals surface area contributed by atoms with Crippen molar-refractivity contribution < 1.29 is 4.79 Å². The molecular weight excluding hydrogens is 332 g/mol. The SMILES string of the molecule is Cc1cc(-c2ncccc2C(N)=O)n(-c2nc3ccccc3c(=O)[nH]2)n1. The lowest BCUT2D eigenvalue weighted by Crippen LogP contribution is -2.17. The van der Waals surface area contributed by atoms with Crippen molar-refractivity contribution in [2.45, 2.75) is 6.92 Å². The van der Waals surface area contributed by atoms with Crippen LogP contribution in [0, 0.1) is 6.92 Å². The molecule has 26 heavy (non-hydrogen) atoms. The van der Waals surface area contributed by atoms with Gasteiger partial charge in [-0.05, 0) is 37.3 Å². The van der Waals surface area contributed by atoms with Crippen molar-refractivity contribution in [3.63, 3.8) is 0 Å². The minimum absolute atomic E-state index is 0.234. The molecule has 0 fully saturated rings. The predicted octanol–water partition coefficient (Wildman–Crippen LogP) is 1.58.